The standard InChI is InChI=1S/C22H20Cl2N2O3/c1-14(12-19(23)24)21(15-10-11-15)22(27)29-18(13-25)17-8-5-9-20(26-17)28-16-6-3-2-4-7-16/h2-9,12,14-15,18,21H,10-11H2,1H3. The van der Waals surface area contributed by atoms with E-state index in [-0.39, 0.29) is 16.3 Å². The number of benzene rings is 1. The van der Waals surface area contributed by atoms with Gasteiger partial charge in [-0.05, 0) is 42.9 Å². The maximum absolute atomic E-state index is 12.8. The minimum Gasteiger partial charge on any atom is -0.440 e. The predicted octanol–water partition coefficient (Wildman–Crippen LogP) is 5.96. The van der Waals surface area contributed by atoms with Gasteiger partial charge in [0.05, 0.1) is 11.6 Å². The molecule has 1 aromatic carbocycles. The first-order valence-electron chi connectivity index (χ1n) is 9.30. The number of carbonyl (C=O) groups excluding carboxylic acids is 1. The zero-order chi connectivity index (χ0) is 20.8. The Balaban J connectivity index is 1.74. The fraction of sp³-hybridized carbons (Fsp3) is 0.318. The zero-order valence-corrected chi connectivity index (χ0v) is 17.3. The largest absolute Gasteiger partial charge is 0.440 e. The van der Waals surface area contributed by atoms with E-state index in [0.717, 1.165) is 12.8 Å². The van der Waals surface area contributed by atoms with E-state index in [9.17, 15) is 10.1 Å². The summed E-state index contributed by atoms with van der Waals surface area (Å²) in [6.07, 6.45) is 2.37. The number of allylic oxidation sites excluding steroid dienone is 1. The van der Waals surface area contributed by atoms with Crippen molar-refractivity contribution in [2.75, 3.05) is 0 Å². The molecule has 3 unspecified atom stereocenters. The summed E-state index contributed by atoms with van der Waals surface area (Å²) in [6, 6.07) is 16.2. The number of hydrogen-bond donors (Lipinski definition) is 0. The van der Waals surface area contributed by atoms with Crippen LogP contribution in [0.15, 0.2) is 59.1 Å². The van der Waals surface area contributed by atoms with Crippen LogP contribution in [0.3, 0.4) is 0 Å². The highest BCUT2D eigenvalue weighted by molar-refractivity contribution is 6.55. The molecule has 5 nitrogen and oxygen atoms in total. The Labute approximate surface area is 179 Å². The Morgan fingerprint density at radius 1 is 1.21 bits per heavy atom. The van der Waals surface area contributed by atoms with Crippen LogP contribution in [0.1, 0.15) is 31.6 Å². The summed E-state index contributed by atoms with van der Waals surface area (Å²) in [4.78, 5) is 17.1. The van der Waals surface area contributed by atoms with Gasteiger partial charge in [0.15, 0.2) is 0 Å². The number of ether oxygens (including phenoxy) is 2. The fourth-order valence-electron chi connectivity index (χ4n) is 3.18. The van der Waals surface area contributed by atoms with E-state index in [1.165, 1.54) is 0 Å². The molecule has 7 heteroatoms. The van der Waals surface area contributed by atoms with Gasteiger partial charge in [-0.1, -0.05) is 60.5 Å². The molecule has 0 bridgehead atoms. The van der Waals surface area contributed by atoms with Crippen LogP contribution < -0.4 is 4.74 Å². The molecule has 0 aliphatic heterocycles. The third kappa shape index (κ3) is 5.96. The molecule has 1 fully saturated rings. The van der Waals surface area contributed by atoms with Crippen molar-refractivity contribution in [3.05, 3.63) is 64.8 Å². The number of pyridine rings is 1. The third-order valence-electron chi connectivity index (χ3n) is 4.69. The molecule has 0 radical (unpaired) electrons. The van der Waals surface area contributed by atoms with Crippen molar-refractivity contribution in [1.29, 1.82) is 5.26 Å². The van der Waals surface area contributed by atoms with Crippen molar-refractivity contribution in [2.24, 2.45) is 17.8 Å². The molecule has 29 heavy (non-hydrogen) atoms. The van der Waals surface area contributed by atoms with Gasteiger partial charge in [-0.25, -0.2) is 4.98 Å². The summed E-state index contributed by atoms with van der Waals surface area (Å²) < 4.78 is 11.3. The van der Waals surface area contributed by atoms with Gasteiger partial charge in [0.25, 0.3) is 0 Å². The zero-order valence-electron chi connectivity index (χ0n) is 15.8. The fourth-order valence-corrected chi connectivity index (χ4v) is 3.58. The summed E-state index contributed by atoms with van der Waals surface area (Å²) in [5.41, 5.74) is 0.308. The number of aromatic nitrogens is 1. The van der Waals surface area contributed by atoms with Gasteiger partial charge in [0.2, 0.25) is 12.0 Å². The summed E-state index contributed by atoms with van der Waals surface area (Å²) in [5.74, 6) is 0.0983. The molecule has 150 valence electrons. The topological polar surface area (TPSA) is 72.2 Å². The van der Waals surface area contributed by atoms with Crippen LogP contribution in [0.25, 0.3) is 0 Å². The van der Waals surface area contributed by atoms with Gasteiger partial charge in [-0.15, -0.1) is 0 Å². The molecule has 1 aliphatic carbocycles. The maximum Gasteiger partial charge on any atom is 0.311 e. The molecule has 0 spiro atoms. The highest BCUT2D eigenvalue weighted by atomic mass is 35.5. The smallest absolute Gasteiger partial charge is 0.311 e. The van der Waals surface area contributed by atoms with E-state index in [1.54, 1.807) is 36.4 Å². The summed E-state index contributed by atoms with van der Waals surface area (Å²) >= 11 is 11.5. The molecular weight excluding hydrogens is 411 g/mol. The molecule has 0 N–H and O–H groups in total. The van der Waals surface area contributed by atoms with Crippen LogP contribution in [-0.4, -0.2) is 11.0 Å². The van der Waals surface area contributed by atoms with Crippen molar-refractivity contribution < 1.29 is 14.3 Å². The second-order valence-corrected chi connectivity index (χ2v) is 7.95. The van der Waals surface area contributed by atoms with Gasteiger partial charge in [0, 0.05) is 6.07 Å². The normalized spacial score (nSPS) is 16.1. The Hall–Kier alpha value is -2.55. The minimum atomic E-state index is -1.13. The van der Waals surface area contributed by atoms with Crippen molar-refractivity contribution in [1.82, 2.24) is 4.98 Å². The van der Waals surface area contributed by atoms with Gasteiger partial charge in [-0.3, -0.25) is 4.79 Å². The molecule has 0 saturated heterocycles. The van der Waals surface area contributed by atoms with Crippen molar-refractivity contribution >= 4 is 29.2 Å². The molecule has 1 saturated carbocycles. The van der Waals surface area contributed by atoms with Crippen molar-refractivity contribution in [3.63, 3.8) is 0 Å². The number of nitriles is 1. The maximum atomic E-state index is 12.8. The van der Waals surface area contributed by atoms with Gasteiger partial charge in [-0.2, -0.15) is 5.26 Å². The van der Waals surface area contributed by atoms with Crippen LogP contribution in [0.4, 0.5) is 0 Å². The average molecular weight is 431 g/mol. The molecule has 1 aliphatic rings. The summed E-state index contributed by atoms with van der Waals surface area (Å²) in [7, 11) is 0. The second-order valence-electron chi connectivity index (χ2n) is 6.94. The van der Waals surface area contributed by atoms with E-state index < -0.39 is 18.0 Å². The number of carbonyl (C=O) groups is 1. The van der Waals surface area contributed by atoms with Crippen molar-refractivity contribution in [2.45, 2.75) is 25.9 Å². The van der Waals surface area contributed by atoms with Gasteiger partial charge >= 0.3 is 5.97 Å². The quantitative estimate of drug-likeness (QED) is 0.482. The molecule has 2 aromatic rings. The lowest BCUT2D eigenvalue weighted by molar-refractivity contribution is -0.154. The van der Waals surface area contributed by atoms with Gasteiger partial charge in [0.1, 0.15) is 16.3 Å². The Morgan fingerprint density at radius 2 is 1.93 bits per heavy atom. The van der Waals surface area contributed by atoms with Crippen LogP contribution in [0, 0.1) is 29.1 Å². The van der Waals surface area contributed by atoms with E-state index in [0.29, 0.717) is 17.3 Å². The number of esters is 1. The molecule has 3 atom stereocenters. The molecule has 1 aromatic heterocycles. The van der Waals surface area contributed by atoms with Crippen LogP contribution in [0.5, 0.6) is 11.6 Å². The number of rotatable bonds is 8. The first-order chi connectivity index (χ1) is 14.0. The Morgan fingerprint density at radius 3 is 2.55 bits per heavy atom. The molecule has 0 amide bonds. The first-order valence-corrected chi connectivity index (χ1v) is 10.1. The van der Waals surface area contributed by atoms with Gasteiger partial charge < -0.3 is 9.47 Å². The number of halogens is 2. The number of nitrogens with zero attached hydrogens (tertiary/aromatic N) is 2. The van der Waals surface area contributed by atoms with E-state index in [1.807, 2.05) is 31.2 Å². The number of para-hydroxylation sites is 1. The molecule has 3 rings (SSSR count). The van der Waals surface area contributed by atoms with E-state index in [4.69, 9.17) is 32.7 Å². The highest BCUT2D eigenvalue weighted by Gasteiger charge is 2.41. The van der Waals surface area contributed by atoms with Crippen LogP contribution in [0.2, 0.25) is 0 Å². The second kappa shape index (κ2) is 9.78. The SMILES string of the molecule is CC(C=C(Cl)Cl)C(C(=O)OC(C#N)c1cccc(Oc2ccccc2)n1)C1CC1. The Bertz CT molecular complexity index is 919. The van der Waals surface area contributed by atoms with Crippen molar-refractivity contribution in [3.8, 4) is 17.7 Å². The molecule has 1 heterocycles. The lowest BCUT2D eigenvalue weighted by atomic mass is 9.89. The highest BCUT2D eigenvalue weighted by Crippen LogP contribution is 2.42. The van der Waals surface area contributed by atoms with Crippen LogP contribution in [-0.2, 0) is 9.53 Å². The average Bonchev–Trinajstić information content (AvgIpc) is 3.51. The predicted molar refractivity (Wildman–Crippen MR) is 110 cm³/mol. The molecular formula is C22H20Cl2N2O3. The third-order valence-corrected chi connectivity index (χ3v) is 4.94. The monoisotopic (exact) mass is 430 g/mol. The first kappa shape index (κ1) is 21.2. The van der Waals surface area contributed by atoms with Crippen LogP contribution >= 0.6 is 23.2 Å². The Kier molecular flexibility index (Phi) is 7.13. The van der Waals surface area contributed by atoms with E-state index in [2.05, 4.69) is 4.98 Å². The number of hydrogen-bond acceptors (Lipinski definition) is 5. The van der Waals surface area contributed by atoms with E-state index >= 15 is 0 Å². The minimum absolute atomic E-state index is 0.111. The lowest BCUT2D eigenvalue weighted by Crippen LogP contribution is -2.27. The summed E-state index contributed by atoms with van der Waals surface area (Å²) in [6.45, 7) is 1.86. The summed E-state index contributed by atoms with van der Waals surface area (Å²) in [5, 5.41) is 9.57. The lowest BCUT2D eigenvalue weighted by Gasteiger charge is -2.21.